The first-order valence-electron chi connectivity index (χ1n) is 11.7. The Morgan fingerprint density at radius 3 is 2.22 bits per heavy atom. The number of hydrogen-bond acceptors (Lipinski definition) is 5. The number of nitrogens with zero attached hydrogens (tertiary/aromatic N) is 2. The third-order valence-electron chi connectivity index (χ3n) is 7.48. The molecule has 3 fully saturated rings. The van der Waals surface area contributed by atoms with Crippen LogP contribution < -0.4 is 0 Å². The normalized spacial score (nSPS) is 29.2. The molecule has 0 bridgehead atoms. The molecular weight excluding hydrogens is 408 g/mol. The number of carbonyl (C=O) groups is 3. The van der Waals surface area contributed by atoms with Gasteiger partial charge in [-0.2, -0.15) is 0 Å². The lowest BCUT2D eigenvalue weighted by Gasteiger charge is -2.51. The van der Waals surface area contributed by atoms with Gasteiger partial charge in [0.25, 0.3) is 0 Å². The van der Waals surface area contributed by atoms with Gasteiger partial charge in [-0.3, -0.25) is 14.5 Å². The third-order valence-corrected chi connectivity index (χ3v) is 7.48. The second kappa shape index (κ2) is 9.71. The maximum Gasteiger partial charge on any atom is 0.327 e. The van der Waals surface area contributed by atoms with Crippen molar-refractivity contribution in [2.24, 2.45) is 5.92 Å². The van der Waals surface area contributed by atoms with E-state index in [-0.39, 0.29) is 54.5 Å². The van der Waals surface area contributed by atoms with Gasteiger partial charge in [0.05, 0.1) is 24.7 Å². The predicted octanol–water partition coefficient (Wildman–Crippen LogP) is 3.58. The lowest BCUT2D eigenvalue weighted by atomic mass is 9.77. The fourth-order valence-electron chi connectivity index (χ4n) is 5.62. The van der Waals surface area contributed by atoms with E-state index in [1.807, 2.05) is 19.1 Å². The Hall–Kier alpha value is -2.25. The van der Waals surface area contributed by atoms with Gasteiger partial charge in [-0.05, 0) is 32.6 Å². The lowest BCUT2D eigenvalue weighted by molar-refractivity contribution is -0.153. The average Bonchev–Trinajstić information content (AvgIpc) is 2.82. The molecule has 1 aliphatic heterocycles. The summed E-state index contributed by atoms with van der Waals surface area (Å²) in [6.45, 7) is 1.94. The highest BCUT2D eigenvalue weighted by Crippen LogP contribution is 2.39. The summed E-state index contributed by atoms with van der Waals surface area (Å²) < 4.78 is 11.3. The van der Waals surface area contributed by atoms with Crippen LogP contribution in [0.4, 0.5) is 4.79 Å². The number of ketones is 1. The van der Waals surface area contributed by atoms with E-state index in [4.69, 9.17) is 9.47 Å². The smallest absolute Gasteiger partial charge is 0.327 e. The van der Waals surface area contributed by atoms with Crippen LogP contribution in [0.1, 0.15) is 60.9 Å². The average molecular weight is 443 g/mol. The van der Waals surface area contributed by atoms with Crippen LogP contribution in [-0.2, 0) is 14.3 Å². The van der Waals surface area contributed by atoms with Crippen LogP contribution in [0.15, 0.2) is 24.3 Å². The Morgan fingerprint density at radius 1 is 0.969 bits per heavy atom. The minimum Gasteiger partial charge on any atom is -0.379 e. The Balaban J connectivity index is 1.64. The second-order valence-electron chi connectivity index (χ2n) is 9.39. The van der Waals surface area contributed by atoms with Crippen molar-refractivity contribution < 1.29 is 23.9 Å². The van der Waals surface area contributed by atoms with E-state index in [0.29, 0.717) is 18.4 Å². The molecule has 4 unspecified atom stereocenters. The number of Topliss-reactive ketones (excluding diaryl/α,β-unsaturated/α-hetero) is 1. The highest BCUT2D eigenvalue weighted by atomic mass is 16.5. The van der Waals surface area contributed by atoms with E-state index >= 15 is 0 Å². The number of amides is 3. The fourth-order valence-corrected chi connectivity index (χ4v) is 5.62. The lowest BCUT2D eigenvalue weighted by Crippen LogP contribution is -2.68. The van der Waals surface area contributed by atoms with Crippen LogP contribution in [-0.4, -0.2) is 72.6 Å². The van der Waals surface area contributed by atoms with Gasteiger partial charge in [-0.1, -0.05) is 49.1 Å². The molecule has 7 nitrogen and oxygen atoms in total. The molecule has 1 aromatic rings. The van der Waals surface area contributed by atoms with Crippen LogP contribution >= 0.6 is 0 Å². The molecule has 3 aliphatic rings. The highest BCUT2D eigenvalue weighted by Gasteiger charge is 2.53. The van der Waals surface area contributed by atoms with E-state index in [1.165, 1.54) is 4.90 Å². The number of aryl methyl sites for hydroxylation is 1. The summed E-state index contributed by atoms with van der Waals surface area (Å²) in [5, 5.41) is 0. The van der Waals surface area contributed by atoms with E-state index < -0.39 is 0 Å². The summed E-state index contributed by atoms with van der Waals surface area (Å²) in [5.74, 6) is -0.600. The van der Waals surface area contributed by atoms with Crippen molar-refractivity contribution in [3.63, 3.8) is 0 Å². The Bertz CT molecular complexity index is 848. The number of benzene rings is 1. The number of urea groups is 1. The number of rotatable bonds is 6. The topological polar surface area (TPSA) is 76.2 Å². The first-order valence-corrected chi connectivity index (χ1v) is 11.7. The third kappa shape index (κ3) is 4.33. The quantitative estimate of drug-likeness (QED) is 0.630. The molecule has 7 heteroatoms. The summed E-state index contributed by atoms with van der Waals surface area (Å²) in [6.07, 6.45) is 5.39. The minimum absolute atomic E-state index is 0.0341. The zero-order chi connectivity index (χ0) is 22.8. The zero-order valence-electron chi connectivity index (χ0n) is 19.3. The van der Waals surface area contributed by atoms with Crippen molar-refractivity contribution in [2.75, 3.05) is 20.8 Å². The summed E-state index contributed by atoms with van der Waals surface area (Å²) in [6, 6.07) is 6.63. The molecule has 1 heterocycles. The van der Waals surface area contributed by atoms with Gasteiger partial charge in [0.1, 0.15) is 0 Å². The first kappa shape index (κ1) is 22.9. The fraction of sp³-hybridized carbons (Fsp3) is 0.640. The van der Waals surface area contributed by atoms with Crippen molar-refractivity contribution in [1.82, 2.24) is 9.80 Å². The Morgan fingerprint density at radius 2 is 1.59 bits per heavy atom. The van der Waals surface area contributed by atoms with Crippen molar-refractivity contribution in [1.29, 1.82) is 0 Å². The number of fused-ring (bicyclic) bond motifs is 1. The van der Waals surface area contributed by atoms with Crippen LogP contribution in [0, 0.1) is 12.8 Å². The molecule has 4 rings (SSSR count). The van der Waals surface area contributed by atoms with Crippen LogP contribution in [0.5, 0.6) is 0 Å². The number of methoxy groups -OCH3 is 2. The van der Waals surface area contributed by atoms with Crippen molar-refractivity contribution in [2.45, 2.75) is 76.2 Å². The molecule has 1 saturated heterocycles. The molecule has 0 N–H and O–H groups in total. The molecule has 1 aromatic carbocycles. The van der Waals surface area contributed by atoms with E-state index in [0.717, 1.165) is 37.7 Å². The molecule has 0 spiro atoms. The van der Waals surface area contributed by atoms with Gasteiger partial charge in [-0.25, -0.2) is 4.79 Å². The molecule has 0 radical (unpaired) electrons. The van der Waals surface area contributed by atoms with Crippen LogP contribution in [0.25, 0.3) is 0 Å². The maximum atomic E-state index is 13.7. The molecule has 0 aromatic heterocycles. The molecule has 32 heavy (non-hydrogen) atoms. The summed E-state index contributed by atoms with van der Waals surface area (Å²) >= 11 is 0. The predicted molar refractivity (Wildman–Crippen MR) is 119 cm³/mol. The van der Waals surface area contributed by atoms with E-state index in [2.05, 4.69) is 0 Å². The van der Waals surface area contributed by atoms with Gasteiger partial charge in [0.15, 0.2) is 5.78 Å². The Kier molecular flexibility index (Phi) is 6.96. The Labute approximate surface area is 190 Å². The SMILES string of the molecule is COC1CC2C(=O)N(C3CCCCC3)C(=O)N(CC(=O)c3ccc(C)cc3)C2CC1OC. The van der Waals surface area contributed by atoms with E-state index in [1.54, 1.807) is 31.3 Å². The van der Waals surface area contributed by atoms with Crippen molar-refractivity contribution in [3.8, 4) is 0 Å². The molecule has 2 aliphatic carbocycles. The van der Waals surface area contributed by atoms with Gasteiger partial charge in [0.2, 0.25) is 5.91 Å². The van der Waals surface area contributed by atoms with Crippen LogP contribution in [0.2, 0.25) is 0 Å². The van der Waals surface area contributed by atoms with Crippen LogP contribution in [0.3, 0.4) is 0 Å². The summed E-state index contributed by atoms with van der Waals surface area (Å²) in [7, 11) is 3.26. The summed E-state index contributed by atoms with van der Waals surface area (Å²) in [5.41, 5.74) is 1.65. The molecule has 3 amide bonds. The largest absolute Gasteiger partial charge is 0.379 e. The first-order chi connectivity index (χ1) is 15.4. The van der Waals surface area contributed by atoms with Crippen molar-refractivity contribution in [3.05, 3.63) is 35.4 Å². The molecule has 2 saturated carbocycles. The number of hydrogen-bond donors (Lipinski definition) is 0. The van der Waals surface area contributed by atoms with Gasteiger partial charge >= 0.3 is 6.03 Å². The highest BCUT2D eigenvalue weighted by molar-refractivity contribution is 6.03. The van der Waals surface area contributed by atoms with Gasteiger partial charge < -0.3 is 14.4 Å². The maximum absolute atomic E-state index is 13.7. The second-order valence-corrected chi connectivity index (χ2v) is 9.39. The molecule has 4 atom stereocenters. The number of carbonyl (C=O) groups excluding carboxylic acids is 3. The zero-order valence-corrected chi connectivity index (χ0v) is 19.3. The summed E-state index contributed by atoms with van der Waals surface area (Å²) in [4.78, 5) is 43.5. The molecule has 174 valence electrons. The standard InChI is InChI=1S/C25H34N2O5/c1-16-9-11-17(12-10-16)21(28)15-26-20-14-23(32-3)22(31-2)13-19(20)24(29)27(25(26)30)18-7-5-4-6-8-18/h9-12,18-20,22-23H,4-8,13-15H2,1-3H3. The number of ether oxygens (including phenoxy) is 2. The van der Waals surface area contributed by atoms with Crippen molar-refractivity contribution >= 4 is 17.7 Å². The monoisotopic (exact) mass is 442 g/mol. The number of imide groups is 1. The van der Waals surface area contributed by atoms with E-state index in [9.17, 15) is 14.4 Å². The minimum atomic E-state index is -0.378. The van der Waals surface area contributed by atoms with Gasteiger partial charge in [0, 0.05) is 31.9 Å². The van der Waals surface area contributed by atoms with Gasteiger partial charge in [-0.15, -0.1) is 0 Å². The molecular formula is C25H34N2O5.